The van der Waals surface area contributed by atoms with Crippen LogP contribution in [0.5, 0.6) is 5.75 Å². The van der Waals surface area contributed by atoms with E-state index in [4.69, 9.17) is 9.57 Å². The lowest BCUT2D eigenvalue weighted by atomic mass is 10.0. The van der Waals surface area contributed by atoms with Crippen LogP contribution in [-0.4, -0.2) is 12.8 Å². The van der Waals surface area contributed by atoms with Crippen molar-refractivity contribution in [2.24, 2.45) is 5.16 Å². The van der Waals surface area contributed by atoms with Gasteiger partial charge in [0, 0.05) is 5.56 Å². The van der Waals surface area contributed by atoms with E-state index in [-0.39, 0.29) is 5.71 Å². The van der Waals surface area contributed by atoms with Gasteiger partial charge in [0.15, 0.2) is 5.71 Å². The summed E-state index contributed by atoms with van der Waals surface area (Å²) in [7, 11) is 1.42. The molecule has 0 spiro atoms. The van der Waals surface area contributed by atoms with E-state index in [1.54, 1.807) is 0 Å². The predicted octanol–water partition coefficient (Wildman–Crippen LogP) is 3.76. The van der Waals surface area contributed by atoms with Gasteiger partial charge in [0.05, 0.1) is 0 Å². The van der Waals surface area contributed by atoms with Crippen LogP contribution in [0.2, 0.25) is 0 Å². The lowest BCUT2D eigenvalue weighted by Crippen LogP contribution is -2.07. The van der Waals surface area contributed by atoms with Gasteiger partial charge in [-0.2, -0.15) is 5.26 Å². The SMILES string of the molecule is CON=C(C#N)c1ccccc1COc1c(C)cccc1C. The topological polar surface area (TPSA) is 54.6 Å². The number of para-hydroxylation sites is 1. The highest BCUT2D eigenvalue weighted by atomic mass is 16.6. The highest BCUT2D eigenvalue weighted by Crippen LogP contribution is 2.24. The standard InChI is InChI=1S/C18H18N2O2/c1-13-7-6-8-14(2)18(13)22-12-15-9-4-5-10-16(15)17(11-19)20-21-3/h4-10H,12H2,1-3H3. The van der Waals surface area contributed by atoms with Crippen molar-refractivity contribution < 1.29 is 9.57 Å². The molecule has 0 bridgehead atoms. The summed E-state index contributed by atoms with van der Waals surface area (Å²) < 4.78 is 5.96. The highest BCUT2D eigenvalue weighted by molar-refractivity contribution is 6.12. The van der Waals surface area contributed by atoms with Crippen LogP contribution in [0.3, 0.4) is 0 Å². The van der Waals surface area contributed by atoms with Gasteiger partial charge in [-0.05, 0) is 30.5 Å². The molecule has 0 atom stereocenters. The molecule has 0 fully saturated rings. The number of nitriles is 1. The molecule has 2 aromatic carbocycles. The second kappa shape index (κ2) is 7.28. The largest absolute Gasteiger partial charge is 0.488 e. The summed E-state index contributed by atoms with van der Waals surface area (Å²) >= 11 is 0. The molecule has 0 amide bonds. The van der Waals surface area contributed by atoms with E-state index in [1.165, 1.54) is 7.11 Å². The molecule has 0 radical (unpaired) electrons. The minimum Gasteiger partial charge on any atom is -0.488 e. The third kappa shape index (κ3) is 3.44. The van der Waals surface area contributed by atoms with E-state index in [0.717, 1.165) is 28.0 Å². The summed E-state index contributed by atoms with van der Waals surface area (Å²) in [6.07, 6.45) is 0. The molecule has 112 valence electrons. The van der Waals surface area contributed by atoms with Crippen molar-refractivity contribution in [2.75, 3.05) is 7.11 Å². The maximum Gasteiger partial charge on any atom is 0.187 e. The van der Waals surface area contributed by atoms with E-state index < -0.39 is 0 Å². The number of oxime groups is 1. The minimum atomic E-state index is 0.239. The van der Waals surface area contributed by atoms with Gasteiger partial charge in [-0.3, -0.25) is 0 Å². The van der Waals surface area contributed by atoms with Crippen LogP contribution < -0.4 is 4.74 Å². The molecule has 0 saturated carbocycles. The molecule has 4 nitrogen and oxygen atoms in total. The van der Waals surface area contributed by atoms with Crippen LogP contribution in [0.4, 0.5) is 0 Å². The minimum absolute atomic E-state index is 0.239. The van der Waals surface area contributed by atoms with Gasteiger partial charge in [-0.1, -0.05) is 47.6 Å². The van der Waals surface area contributed by atoms with Gasteiger partial charge in [-0.15, -0.1) is 0 Å². The maximum atomic E-state index is 9.21. The first-order chi connectivity index (χ1) is 10.7. The molecule has 22 heavy (non-hydrogen) atoms. The van der Waals surface area contributed by atoms with Crippen molar-refractivity contribution in [3.8, 4) is 11.8 Å². The fourth-order valence-corrected chi connectivity index (χ4v) is 2.28. The van der Waals surface area contributed by atoms with Gasteiger partial charge in [0.25, 0.3) is 0 Å². The van der Waals surface area contributed by atoms with Crippen molar-refractivity contribution in [1.82, 2.24) is 0 Å². The zero-order chi connectivity index (χ0) is 15.9. The van der Waals surface area contributed by atoms with Crippen LogP contribution in [-0.2, 0) is 11.4 Å². The molecular weight excluding hydrogens is 276 g/mol. The molecule has 0 aliphatic heterocycles. The van der Waals surface area contributed by atoms with Gasteiger partial charge in [0.2, 0.25) is 0 Å². The van der Waals surface area contributed by atoms with E-state index in [1.807, 2.05) is 56.3 Å². The Morgan fingerprint density at radius 2 is 1.77 bits per heavy atom. The smallest absolute Gasteiger partial charge is 0.187 e. The predicted molar refractivity (Wildman–Crippen MR) is 85.8 cm³/mol. The summed E-state index contributed by atoms with van der Waals surface area (Å²) in [4.78, 5) is 4.73. The fourth-order valence-electron chi connectivity index (χ4n) is 2.28. The van der Waals surface area contributed by atoms with E-state index in [9.17, 15) is 5.26 Å². The van der Waals surface area contributed by atoms with Crippen molar-refractivity contribution in [3.05, 3.63) is 64.7 Å². The molecule has 2 aromatic rings. The van der Waals surface area contributed by atoms with Crippen molar-refractivity contribution >= 4 is 5.71 Å². The molecule has 0 heterocycles. The summed E-state index contributed by atoms with van der Waals surface area (Å²) in [5.41, 5.74) is 4.02. The molecule has 0 aliphatic rings. The fraction of sp³-hybridized carbons (Fsp3) is 0.222. The normalized spacial score (nSPS) is 10.9. The second-order valence-corrected chi connectivity index (χ2v) is 4.90. The zero-order valence-corrected chi connectivity index (χ0v) is 13.0. The Kier molecular flexibility index (Phi) is 5.16. The van der Waals surface area contributed by atoms with E-state index >= 15 is 0 Å². The summed E-state index contributed by atoms with van der Waals surface area (Å²) in [5, 5.41) is 13.0. The monoisotopic (exact) mass is 294 g/mol. The molecule has 0 N–H and O–H groups in total. The number of rotatable bonds is 5. The zero-order valence-electron chi connectivity index (χ0n) is 13.0. The molecule has 0 aliphatic carbocycles. The van der Waals surface area contributed by atoms with Crippen molar-refractivity contribution in [1.29, 1.82) is 5.26 Å². The Labute approximate surface area is 130 Å². The Bertz CT molecular complexity index is 710. The molecule has 2 rings (SSSR count). The number of hydrogen-bond acceptors (Lipinski definition) is 4. The van der Waals surface area contributed by atoms with Crippen LogP contribution in [0, 0.1) is 25.2 Å². The quantitative estimate of drug-likeness (QED) is 0.623. The lowest BCUT2D eigenvalue weighted by Gasteiger charge is -2.13. The molecule has 0 saturated heterocycles. The number of benzene rings is 2. The Morgan fingerprint density at radius 3 is 2.41 bits per heavy atom. The van der Waals surface area contributed by atoms with Gasteiger partial charge < -0.3 is 9.57 Å². The number of aryl methyl sites for hydroxylation is 2. The lowest BCUT2D eigenvalue weighted by molar-refractivity contribution is 0.214. The van der Waals surface area contributed by atoms with E-state index in [2.05, 4.69) is 11.2 Å². The first-order valence-electron chi connectivity index (χ1n) is 6.96. The third-order valence-electron chi connectivity index (χ3n) is 3.34. The summed E-state index contributed by atoms with van der Waals surface area (Å²) in [6.45, 7) is 4.40. The third-order valence-corrected chi connectivity index (χ3v) is 3.34. The highest BCUT2D eigenvalue weighted by Gasteiger charge is 2.11. The van der Waals surface area contributed by atoms with Gasteiger partial charge in [0.1, 0.15) is 25.5 Å². The maximum absolute atomic E-state index is 9.21. The second-order valence-electron chi connectivity index (χ2n) is 4.90. The van der Waals surface area contributed by atoms with Crippen LogP contribution in [0.25, 0.3) is 0 Å². The number of nitrogens with zero attached hydrogens (tertiary/aromatic N) is 2. The molecule has 0 unspecified atom stereocenters. The molecular formula is C18H18N2O2. The first kappa shape index (κ1) is 15.6. The first-order valence-corrected chi connectivity index (χ1v) is 6.96. The summed E-state index contributed by atoms with van der Waals surface area (Å²) in [5.74, 6) is 0.875. The molecule has 0 aromatic heterocycles. The van der Waals surface area contributed by atoms with Crippen molar-refractivity contribution in [3.63, 3.8) is 0 Å². The summed E-state index contributed by atoms with van der Waals surface area (Å²) in [6, 6.07) is 15.6. The Hall–Kier alpha value is -2.80. The van der Waals surface area contributed by atoms with Crippen LogP contribution >= 0.6 is 0 Å². The average molecular weight is 294 g/mol. The van der Waals surface area contributed by atoms with Crippen molar-refractivity contribution in [2.45, 2.75) is 20.5 Å². The Balaban J connectivity index is 2.28. The van der Waals surface area contributed by atoms with Gasteiger partial charge in [-0.25, -0.2) is 0 Å². The van der Waals surface area contributed by atoms with Crippen LogP contribution in [0.1, 0.15) is 22.3 Å². The molecule has 4 heteroatoms. The Morgan fingerprint density at radius 1 is 1.09 bits per heavy atom. The number of hydrogen-bond donors (Lipinski definition) is 0. The number of ether oxygens (including phenoxy) is 1. The van der Waals surface area contributed by atoms with E-state index in [0.29, 0.717) is 6.61 Å². The van der Waals surface area contributed by atoms with Gasteiger partial charge >= 0.3 is 0 Å². The average Bonchev–Trinajstić information content (AvgIpc) is 2.53. The van der Waals surface area contributed by atoms with Crippen LogP contribution in [0.15, 0.2) is 47.6 Å².